The van der Waals surface area contributed by atoms with Gasteiger partial charge in [-0.05, 0) is 100 Å². The van der Waals surface area contributed by atoms with Gasteiger partial charge >= 0.3 is 0 Å². The number of guanidine groups is 1. The summed E-state index contributed by atoms with van der Waals surface area (Å²) in [4.78, 5) is 168. The summed E-state index contributed by atoms with van der Waals surface area (Å²) in [6, 6.07) is 1.39. The fourth-order valence-corrected chi connectivity index (χ4v) is 11.1. The molecule has 0 spiro atoms. The van der Waals surface area contributed by atoms with Gasteiger partial charge in [0.05, 0.1) is 19.5 Å². The summed E-state index contributed by atoms with van der Waals surface area (Å²) in [5.41, 5.74) is 13.3. The van der Waals surface area contributed by atoms with Crippen LogP contribution in [-0.4, -0.2) is 194 Å². The van der Waals surface area contributed by atoms with Crippen LogP contribution >= 0.6 is 0 Å². The average molecular weight is 1310 g/mol. The van der Waals surface area contributed by atoms with Gasteiger partial charge in [0, 0.05) is 73.8 Å². The molecule has 0 saturated carbocycles. The number of hydrogen-bond acceptors (Lipinski definition) is 16. The molecule has 30 nitrogen and oxygen atoms in total. The molecule has 4 heterocycles. The molecule has 2 aromatic heterocycles. The number of amides is 10. The second-order valence-corrected chi connectivity index (χ2v) is 24.6. The van der Waals surface area contributed by atoms with Gasteiger partial charge in [-0.3, -0.25) is 57.7 Å². The number of aliphatic hydroxyl groups is 1. The van der Waals surface area contributed by atoms with E-state index in [0.717, 1.165) is 0 Å². The lowest BCUT2D eigenvalue weighted by atomic mass is 10.00. The fourth-order valence-electron chi connectivity index (χ4n) is 11.1. The van der Waals surface area contributed by atoms with Crippen molar-refractivity contribution in [2.45, 2.75) is 185 Å². The van der Waals surface area contributed by atoms with Crippen LogP contribution in [-0.2, 0) is 72.0 Å². The first kappa shape index (κ1) is 73.6. The summed E-state index contributed by atoms with van der Waals surface area (Å²) >= 11 is 0. The number of nitrogens with one attached hydrogen (secondary N) is 12. The highest BCUT2D eigenvalue weighted by Gasteiger charge is 2.40. The minimum absolute atomic E-state index is 0.0299. The SMILES string of the molecule is CC(=O)CNC(=O)[C@@H]1CCCN1C(=O)[C@H](CCCN=C(N)N)NC(=O)[C@H](CC(C)C)NC(=O)[C@@H](CCCCCNC(C)C)NC(=O)[C@H](Cc1ccc(O)cc1)NC(=O)[C@H](CO)NC(=O)[C@H](Cc1c[nH]c2ccccc12)NC(=O)[C@H](Cc1cnc[nH]1)NC(=O)[C@@H]1CCC(=O)N1. The number of aliphatic imine (C=N–C) groups is 1. The number of rotatable bonds is 38. The van der Waals surface area contributed by atoms with Gasteiger partial charge in [-0.2, -0.15) is 0 Å². The van der Waals surface area contributed by atoms with Gasteiger partial charge in [-0.1, -0.05) is 70.9 Å². The lowest BCUT2D eigenvalue weighted by molar-refractivity contribution is -0.142. The van der Waals surface area contributed by atoms with E-state index in [-0.39, 0.29) is 113 Å². The molecule has 2 saturated heterocycles. The molecule has 0 bridgehead atoms. The lowest BCUT2D eigenvalue weighted by Crippen LogP contribution is -2.61. The molecule has 4 aromatic rings. The number of fused-ring (bicyclic) bond motifs is 1. The highest BCUT2D eigenvalue weighted by Crippen LogP contribution is 2.23. The third-order valence-electron chi connectivity index (χ3n) is 16.1. The minimum Gasteiger partial charge on any atom is -0.508 e. The van der Waals surface area contributed by atoms with Crippen molar-refractivity contribution in [2.75, 3.05) is 32.8 Å². The fraction of sp³-hybridized carbons (Fsp3) is 0.547. The number of carbonyl (C=O) groups excluding carboxylic acids is 11. The molecule has 0 radical (unpaired) electrons. The molecule has 9 atom stereocenters. The van der Waals surface area contributed by atoms with Gasteiger partial charge < -0.3 is 89.7 Å². The van der Waals surface area contributed by atoms with Crippen molar-refractivity contribution in [1.82, 2.24) is 73.0 Å². The number of ketones is 1. The Bertz CT molecular complexity index is 3260. The van der Waals surface area contributed by atoms with E-state index in [1.165, 1.54) is 48.6 Å². The zero-order chi connectivity index (χ0) is 68.4. The number of carbonyl (C=O) groups is 11. The number of aromatic hydroxyl groups is 1. The second-order valence-electron chi connectivity index (χ2n) is 24.6. The Morgan fingerprint density at radius 1 is 0.691 bits per heavy atom. The lowest BCUT2D eigenvalue weighted by Gasteiger charge is -2.30. The molecule has 0 unspecified atom stereocenters. The molecule has 6 rings (SSSR count). The Morgan fingerprint density at radius 3 is 1.95 bits per heavy atom. The molecular formula is C64H93N17O13. The summed E-state index contributed by atoms with van der Waals surface area (Å²) in [6.45, 7) is 8.69. The van der Waals surface area contributed by atoms with Gasteiger partial charge in [0.15, 0.2) is 5.96 Å². The largest absolute Gasteiger partial charge is 0.508 e. The summed E-state index contributed by atoms with van der Waals surface area (Å²) < 4.78 is 0. The number of unbranched alkanes of at least 4 members (excludes halogenated alkanes) is 2. The highest BCUT2D eigenvalue weighted by molar-refractivity contribution is 6.00. The number of aromatic nitrogens is 3. The standard InChI is InChI=1S/C64H93N17O13/c1-36(2)27-48(57(88)75-47(16-11-25-69-64(65)66)63(94)81-26-12-17-53(81)62(93)71-31-38(5)83)76-55(86)45(15-7-6-10-24-68-37(3)4)74-58(89)49(28-39-18-20-42(84)21-19-39)77-61(92)52(34-82)80-59(90)50(29-40-32-70-44-14-9-8-13-43(40)44)78-60(91)51(30-41-33-67-35-72-41)79-56(87)46-22-23-54(85)73-46/h8-9,13-14,18-21,32-33,35-37,45-53,68,70,82,84H,6-7,10-12,15-17,22-31,34H2,1-5H3,(H,67,72)(H,71,93)(H,73,85)(H,74,89)(H,75,88)(H,76,86)(H,77,92)(H,78,91)(H,79,87)(H,80,90)(H4,65,66,69)/t45-,46+,47+,48+,49+,50+,51+,52+,53+/m1/s1. The van der Waals surface area contributed by atoms with Crippen molar-refractivity contribution in [3.05, 3.63) is 84.1 Å². The van der Waals surface area contributed by atoms with Gasteiger partial charge in [-0.25, -0.2) is 4.98 Å². The van der Waals surface area contributed by atoms with E-state index in [0.29, 0.717) is 66.4 Å². The first-order valence-corrected chi connectivity index (χ1v) is 32.1. The number of benzene rings is 2. The van der Waals surface area contributed by atoms with E-state index in [2.05, 4.69) is 73.1 Å². The number of para-hydroxylation sites is 1. The number of aromatic amines is 2. The van der Waals surface area contributed by atoms with Crippen molar-refractivity contribution in [3.63, 3.8) is 0 Å². The van der Waals surface area contributed by atoms with Crippen molar-refractivity contribution in [2.24, 2.45) is 22.4 Å². The topological polar surface area (TPSA) is 461 Å². The van der Waals surface area contributed by atoms with E-state index in [1.54, 1.807) is 24.4 Å². The van der Waals surface area contributed by atoms with E-state index in [9.17, 15) is 63.0 Å². The van der Waals surface area contributed by atoms with Gasteiger partial charge in [-0.15, -0.1) is 0 Å². The number of likely N-dealkylation sites (tertiary alicyclic amines) is 1. The second kappa shape index (κ2) is 36.7. The van der Waals surface area contributed by atoms with Crippen LogP contribution in [0.5, 0.6) is 5.75 Å². The molecule has 2 aliphatic heterocycles. The summed E-state index contributed by atoms with van der Waals surface area (Å²) in [7, 11) is 0. The van der Waals surface area contributed by atoms with E-state index >= 15 is 0 Å². The number of aliphatic hydroxyl groups excluding tert-OH is 1. The third-order valence-corrected chi connectivity index (χ3v) is 16.1. The molecule has 2 fully saturated rings. The number of H-pyrrole nitrogens is 2. The smallest absolute Gasteiger partial charge is 0.245 e. The number of nitrogens with two attached hydrogens (primary N) is 2. The van der Waals surface area contributed by atoms with Crippen molar-refractivity contribution in [3.8, 4) is 5.75 Å². The Kier molecular flexibility index (Phi) is 28.7. The number of phenols is 1. The summed E-state index contributed by atoms with van der Waals surface area (Å²) in [5.74, 6) is -8.06. The average Bonchev–Trinajstić information content (AvgIpc) is 1.81. The maximum absolute atomic E-state index is 14.9. The first-order valence-electron chi connectivity index (χ1n) is 32.1. The summed E-state index contributed by atoms with van der Waals surface area (Å²) in [5, 5.41) is 49.3. The van der Waals surface area contributed by atoms with Crippen LogP contribution in [0.1, 0.15) is 122 Å². The van der Waals surface area contributed by atoms with Gasteiger partial charge in [0.2, 0.25) is 59.1 Å². The van der Waals surface area contributed by atoms with E-state index < -0.39 is 114 Å². The van der Waals surface area contributed by atoms with Crippen LogP contribution in [0.25, 0.3) is 10.9 Å². The first-order chi connectivity index (χ1) is 44.9. The predicted molar refractivity (Wildman–Crippen MR) is 347 cm³/mol. The maximum atomic E-state index is 14.9. The van der Waals surface area contributed by atoms with Crippen molar-refractivity contribution < 1.29 is 63.0 Å². The molecule has 18 N–H and O–H groups in total. The zero-order valence-electron chi connectivity index (χ0n) is 54.0. The Morgan fingerprint density at radius 2 is 1.31 bits per heavy atom. The Hall–Kier alpha value is -9.45. The molecule has 2 aromatic carbocycles. The van der Waals surface area contributed by atoms with Crippen LogP contribution in [0.2, 0.25) is 0 Å². The molecule has 94 heavy (non-hydrogen) atoms. The van der Waals surface area contributed by atoms with Crippen molar-refractivity contribution in [1.29, 1.82) is 0 Å². The monoisotopic (exact) mass is 1310 g/mol. The Balaban J connectivity index is 1.25. The van der Waals surface area contributed by atoms with Crippen LogP contribution < -0.4 is 64.6 Å². The number of phenolic OH excluding ortho intramolecular Hbond substituents is 1. The maximum Gasteiger partial charge on any atom is 0.245 e. The minimum atomic E-state index is -1.77. The number of hydrogen-bond donors (Lipinski definition) is 16. The van der Waals surface area contributed by atoms with E-state index in [4.69, 9.17) is 11.5 Å². The highest BCUT2D eigenvalue weighted by atomic mass is 16.3. The molecule has 2 aliphatic rings. The molecule has 512 valence electrons. The zero-order valence-corrected chi connectivity index (χ0v) is 54.0. The number of Topliss-reactive ketones (excluding diaryl/α,β-unsaturated/α-hetero) is 1. The molecule has 10 amide bonds. The van der Waals surface area contributed by atoms with Crippen LogP contribution in [0, 0.1) is 5.92 Å². The predicted octanol–water partition coefficient (Wildman–Crippen LogP) is -1.36. The summed E-state index contributed by atoms with van der Waals surface area (Å²) in [6.07, 6.45) is 7.13. The number of nitrogens with zero attached hydrogens (tertiary/aromatic N) is 3. The normalized spacial score (nSPS) is 16.7. The van der Waals surface area contributed by atoms with Crippen LogP contribution in [0.3, 0.4) is 0 Å². The van der Waals surface area contributed by atoms with Gasteiger partial charge in [0.25, 0.3) is 0 Å². The third kappa shape index (κ3) is 23.3. The van der Waals surface area contributed by atoms with E-state index in [1.807, 2.05) is 33.8 Å². The molecule has 0 aliphatic carbocycles. The molecular weight excluding hydrogens is 1210 g/mol. The van der Waals surface area contributed by atoms with Crippen LogP contribution in [0.4, 0.5) is 0 Å². The van der Waals surface area contributed by atoms with Gasteiger partial charge in [0.1, 0.15) is 65.9 Å². The number of imidazole rings is 1. The quantitative estimate of drug-likeness (QED) is 0.0140. The van der Waals surface area contributed by atoms with Crippen molar-refractivity contribution >= 4 is 81.7 Å². The molecule has 30 heteroatoms. The van der Waals surface area contributed by atoms with Crippen LogP contribution in [0.15, 0.2) is 72.2 Å². The Labute approximate surface area is 545 Å².